The highest BCUT2D eigenvalue weighted by molar-refractivity contribution is 7.09. The van der Waals surface area contributed by atoms with Crippen LogP contribution in [0.25, 0.3) is 0 Å². The molecule has 0 aromatic carbocycles. The topological polar surface area (TPSA) is 46.3 Å². The van der Waals surface area contributed by atoms with Gasteiger partial charge in [0.1, 0.15) is 0 Å². The fraction of sp³-hybridized carbons (Fsp3) is 0.583. The Balaban J connectivity index is 2.46. The van der Waals surface area contributed by atoms with Gasteiger partial charge in [0.15, 0.2) is 0 Å². The summed E-state index contributed by atoms with van der Waals surface area (Å²) in [4.78, 5) is 15.0. The van der Waals surface area contributed by atoms with Gasteiger partial charge in [0.05, 0.1) is 5.54 Å². The maximum absolute atomic E-state index is 12.0. The molecular formula is C12H20N2OS. The SMILES string of the molecule is CCC(C)(N)C(=O)N(C)CCc1cccs1. The van der Waals surface area contributed by atoms with Gasteiger partial charge < -0.3 is 10.6 Å². The van der Waals surface area contributed by atoms with Crippen LogP contribution < -0.4 is 5.73 Å². The van der Waals surface area contributed by atoms with E-state index in [2.05, 4.69) is 11.4 Å². The Morgan fingerprint density at radius 2 is 2.31 bits per heavy atom. The van der Waals surface area contributed by atoms with E-state index in [1.54, 1.807) is 23.2 Å². The second kappa shape index (κ2) is 5.46. The molecule has 16 heavy (non-hydrogen) atoms. The van der Waals surface area contributed by atoms with Crippen LogP contribution in [-0.4, -0.2) is 29.9 Å². The third-order valence-electron chi connectivity index (χ3n) is 2.84. The van der Waals surface area contributed by atoms with Crippen molar-refractivity contribution in [2.24, 2.45) is 5.73 Å². The standard InChI is InChI=1S/C12H20N2OS/c1-4-12(2,13)11(15)14(3)8-7-10-6-5-9-16-10/h5-6,9H,4,7-8,13H2,1-3H3. The number of carbonyl (C=O) groups is 1. The molecule has 1 unspecified atom stereocenters. The molecule has 0 saturated heterocycles. The summed E-state index contributed by atoms with van der Waals surface area (Å²) in [5, 5.41) is 2.05. The van der Waals surface area contributed by atoms with E-state index in [1.807, 2.05) is 20.0 Å². The van der Waals surface area contributed by atoms with Gasteiger partial charge in [-0.05, 0) is 31.2 Å². The van der Waals surface area contributed by atoms with E-state index in [0.29, 0.717) is 6.42 Å². The Bertz CT molecular complexity index is 333. The molecule has 1 atom stereocenters. The molecule has 1 rings (SSSR count). The van der Waals surface area contributed by atoms with Crippen molar-refractivity contribution in [3.05, 3.63) is 22.4 Å². The van der Waals surface area contributed by atoms with Crippen molar-refractivity contribution in [1.82, 2.24) is 4.90 Å². The van der Waals surface area contributed by atoms with Crippen LogP contribution >= 0.6 is 11.3 Å². The quantitative estimate of drug-likeness (QED) is 0.854. The molecule has 1 amide bonds. The van der Waals surface area contributed by atoms with Crippen LogP contribution in [0, 0.1) is 0 Å². The van der Waals surface area contributed by atoms with Crippen molar-refractivity contribution < 1.29 is 4.79 Å². The molecule has 0 aliphatic heterocycles. The van der Waals surface area contributed by atoms with E-state index in [9.17, 15) is 4.79 Å². The summed E-state index contributed by atoms with van der Waals surface area (Å²) in [7, 11) is 1.82. The predicted molar refractivity (Wildman–Crippen MR) is 68.5 cm³/mol. The van der Waals surface area contributed by atoms with Gasteiger partial charge in [0.2, 0.25) is 5.91 Å². The van der Waals surface area contributed by atoms with Crippen molar-refractivity contribution in [2.75, 3.05) is 13.6 Å². The van der Waals surface area contributed by atoms with E-state index in [0.717, 1.165) is 13.0 Å². The molecule has 4 heteroatoms. The van der Waals surface area contributed by atoms with Gasteiger partial charge in [-0.3, -0.25) is 4.79 Å². The number of likely N-dealkylation sites (N-methyl/N-ethyl adjacent to an activating group) is 1. The third-order valence-corrected chi connectivity index (χ3v) is 3.78. The lowest BCUT2D eigenvalue weighted by Crippen LogP contribution is -2.52. The summed E-state index contributed by atoms with van der Waals surface area (Å²) in [5.74, 6) is 0.0200. The molecule has 1 aromatic heterocycles. The molecule has 0 fully saturated rings. The number of hydrogen-bond acceptors (Lipinski definition) is 3. The average Bonchev–Trinajstić information content (AvgIpc) is 2.77. The molecule has 0 spiro atoms. The Hall–Kier alpha value is -0.870. The largest absolute Gasteiger partial charge is 0.344 e. The molecule has 1 aromatic rings. The fourth-order valence-electron chi connectivity index (χ4n) is 1.42. The molecular weight excluding hydrogens is 220 g/mol. The number of amides is 1. The zero-order valence-electron chi connectivity index (χ0n) is 10.2. The van der Waals surface area contributed by atoms with Crippen LogP contribution in [0.3, 0.4) is 0 Å². The highest BCUT2D eigenvalue weighted by Gasteiger charge is 2.28. The van der Waals surface area contributed by atoms with Crippen molar-refractivity contribution >= 4 is 17.2 Å². The first kappa shape index (κ1) is 13.2. The lowest BCUT2D eigenvalue weighted by Gasteiger charge is -2.28. The van der Waals surface area contributed by atoms with Crippen molar-refractivity contribution in [3.63, 3.8) is 0 Å². The minimum absolute atomic E-state index is 0.0200. The van der Waals surface area contributed by atoms with Gasteiger partial charge in [-0.1, -0.05) is 13.0 Å². The van der Waals surface area contributed by atoms with Crippen molar-refractivity contribution in [3.8, 4) is 0 Å². The number of carbonyl (C=O) groups excluding carboxylic acids is 1. The maximum atomic E-state index is 12.0. The van der Waals surface area contributed by atoms with Crippen LogP contribution in [0.4, 0.5) is 0 Å². The van der Waals surface area contributed by atoms with Gasteiger partial charge in [-0.25, -0.2) is 0 Å². The summed E-state index contributed by atoms with van der Waals surface area (Å²) >= 11 is 1.72. The van der Waals surface area contributed by atoms with Gasteiger partial charge in [0, 0.05) is 18.5 Å². The number of rotatable bonds is 5. The summed E-state index contributed by atoms with van der Waals surface area (Å²) in [6.07, 6.45) is 1.56. The molecule has 0 aliphatic rings. The molecule has 1 heterocycles. The molecule has 0 radical (unpaired) electrons. The van der Waals surface area contributed by atoms with Gasteiger partial charge in [-0.2, -0.15) is 0 Å². The first-order chi connectivity index (χ1) is 7.47. The molecule has 0 saturated carbocycles. The summed E-state index contributed by atoms with van der Waals surface area (Å²) < 4.78 is 0. The predicted octanol–water partition coefficient (Wildman–Crippen LogP) is 1.88. The number of hydrogen-bond donors (Lipinski definition) is 1. The lowest BCUT2D eigenvalue weighted by atomic mass is 9.99. The van der Waals surface area contributed by atoms with Gasteiger partial charge in [0.25, 0.3) is 0 Å². The summed E-state index contributed by atoms with van der Waals surface area (Å²) in [5.41, 5.74) is 5.19. The molecule has 3 nitrogen and oxygen atoms in total. The average molecular weight is 240 g/mol. The van der Waals surface area contributed by atoms with E-state index >= 15 is 0 Å². The third kappa shape index (κ3) is 3.32. The molecule has 0 bridgehead atoms. The zero-order chi connectivity index (χ0) is 12.2. The molecule has 0 aliphatic carbocycles. The van der Waals surface area contributed by atoms with Crippen LogP contribution in [0.15, 0.2) is 17.5 Å². The smallest absolute Gasteiger partial charge is 0.242 e. The first-order valence-electron chi connectivity index (χ1n) is 5.54. The first-order valence-corrected chi connectivity index (χ1v) is 6.42. The van der Waals surface area contributed by atoms with Crippen LogP contribution in [0.1, 0.15) is 25.1 Å². The number of nitrogens with zero attached hydrogens (tertiary/aromatic N) is 1. The van der Waals surface area contributed by atoms with Crippen molar-refractivity contribution in [2.45, 2.75) is 32.2 Å². The normalized spacial score (nSPS) is 14.5. The van der Waals surface area contributed by atoms with E-state index < -0.39 is 5.54 Å². The second-order valence-electron chi connectivity index (χ2n) is 4.33. The minimum Gasteiger partial charge on any atom is -0.344 e. The van der Waals surface area contributed by atoms with Crippen molar-refractivity contribution in [1.29, 1.82) is 0 Å². The van der Waals surface area contributed by atoms with Gasteiger partial charge >= 0.3 is 0 Å². The maximum Gasteiger partial charge on any atom is 0.242 e. The van der Waals surface area contributed by atoms with Crippen LogP contribution in [0.2, 0.25) is 0 Å². The monoisotopic (exact) mass is 240 g/mol. The Morgan fingerprint density at radius 3 is 2.81 bits per heavy atom. The zero-order valence-corrected chi connectivity index (χ0v) is 11.0. The van der Waals surface area contributed by atoms with Crippen LogP contribution in [-0.2, 0) is 11.2 Å². The Labute approximate surface area is 101 Å². The highest BCUT2D eigenvalue weighted by atomic mass is 32.1. The van der Waals surface area contributed by atoms with Crippen LogP contribution in [0.5, 0.6) is 0 Å². The fourth-order valence-corrected chi connectivity index (χ4v) is 2.12. The Kier molecular flexibility index (Phi) is 4.50. The number of nitrogens with two attached hydrogens (primary N) is 1. The Morgan fingerprint density at radius 1 is 1.62 bits per heavy atom. The lowest BCUT2D eigenvalue weighted by molar-refractivity contribution is -0.135. The summed E-state index contributed by atoms with van der Waals surface area (Å²) in [6, 6.07) is 4.12. The minimum atomic E-state index is -0.732. The van der Waals surface area contributed by atoms with Gasteiger partial charge in [-0.15, -0.1) is 11.3 Å². The summed E-state index contributed by atoms with van der Waals surface area (Å²) in [6.45, 7) is 4.45. The second-order valence-corrected chi connectivity index (χ2v) is 5.36. The van der Waals surface area contributed by atoms with E-state index in [4.69, 9.17) is 5.73 Å². The highest BCUT2D eigenvalue weighted by Crippen LogP contribution is 2.12. The molecule has 90 valence electrons. The van der Waals surface area contributed by atoms with E-state index in [1.165, 1.54) is 4.88 Å². The number of thiophene rings is 1. The van der Waals surface area contributed by atoms with E-state index in [-0.39, 0.29) is 5.91 Å². The molecule has 2 N–H and O–H groups in total.